The highest BCUT2D eigenvalue weighted by molar-refractivity contribution is 9.11. The summed E-state index contributed by atoms with van der Waals surface area (Å²) in [6, 6.07) is 6.54. The van der Waals surface area contributed by atoms with Gasteiger partial charge in [-0.05, 0) is 50.1 Å². The van der Waals surface area contributed by atoms with Crippen molar-refractivity contribution in [3.05, 3.63) is 62.0 Å². The molecule has 0 radical (unpaired) electrons. The van der Waals surface area contributed by atoms with Crippen molar-refractivity contribution in [2.45, 2.75) is 6.61 Å². The van der Waals surface area contributed by atoms with Gasteiger partial charge < -0.3 is 9.84 Å². The molecule has 0 fully saturated rings. The molecule has 2 rings (SSSR count). The summed E-state index contributed by atoms with van der Waals surface area (Å²) < 4.78 is 32.8. The zero-order valence-corrected chi connectivity index (χ0v) is 13.5. The normalized spacial score (nSPS) is 10.5. The standard InChI is InChI=1S/C14H8Br2F2O3/c15-9-4-8(14(19)20)5-10(16)13(9)21-6-7-2-1-3-11(17)12(7)18/h1-5H,6H2,(H,19,20). The lowest BCUT2D eigenvalue weighted by atomic mass is 10.2. The van der Waals surface area contributed by atoms with Gasteiger partial charge in [0.05, 0.1) is 14.5 Å². The third kappa shape index (κ3) is 3.59. The number of rotatable bonds is 4. The summed E-state index contributed by atoms with van der Waals surface area (Å²) in [5.41, 5.74) is 0.133. The Kier molecular flexibility index (Phi) is 4.95. The highest BCUT2D eigenvalue weighted by atomic mass is 79.9. The van der Waals surface area contributed by atoms with Crippen LogP contribution in [0.15, 0.2) is 39.3 Å². The van der Waals surface area contributed by atoms with Gasteiger partial charge in [-0.2, -0.15) is 0 Å². The Bertz CT molecular complexity index is 682. The Morgan fingerprint density at radius 2 is 1.81 bits per heavy atom. The first-order valence-electron chi connectivity index (χ1n) is 5.68. The molecule has 1 N–H and O–H groups in total. The Morgan fingerprint density at radius 3 is 2.38 bits per heavy atom. The number of carboxylic acids is 1. The van der Waals surface area contributed by atoms with Crippen LogP contribution in [0, 0.1) is 11.6 Å². The molecule has 0 bridgehead atoms. The molecule has 0 aliphatic rings. The molecule has 0 amide bonds. The van der Waals surface area contributed by atoms with Crippen LogP contribution in [-0.4, -0.2) is 11.1 Å². The molecular weight excluding hydrogens is 414 g/mol. The van der Waals surface area contributed by atoms with Crippen LogP contribution in [0.5, 0.6) is 5.75 Å². The van der Waals surface area contributed by atoms with Gasteiger partial charge in [0, 0.05) is 5.56 Å². The average Bonchev–Trinajstić information content (AvgIpc) is 2.42. The van der Waals surface area contributed by atoms with Gasteiger partial charge in [0.15, 0.2) is 11.6 Å². The molecule has 0 aliphatic carbocycles. The summed E-state index contributed by atoms with van der Waals surface area (Å²) in [5.74, 6) is -2.69. The predicted molar refractivity (Wildman–Crippen MR) is 79.5 cm³/mol. The van der Waals surface area contributed by atoms with Crippen molar-refractivity contribution in [2.24, 2.45) is 0 Å². The Morgan fingerprint density at radius 1 is 1.19 bits per heavy atom. The molecule has 0 saturated carbocycles. The van der Waals surface area contributed by atoms with Crippen molar-refractivity contribution in [3.8, 4) is 5.75 Å². The number of hydrogen-bond acceptors (Lipinski definition) is 2. The number of hydrogen-bond donors (Lipinski definition) is 1. The lowest BCUT2D eigenvalue weighted by Gasteiger charge is -2.12. The summed E-state index contributed by atoms with van der Waals surface area (Å²) in [4.78, 5) is 10.9. The van der Waals surface area contributed by atoms with E-state index in [1.165, 1.54) is 24.3 Å². The van der Waals surface area contributed by atoms with E-state index in [1.807, 2.05) is 0 Å². The number of aromatic carboxylic acids is 1. The maximum absolute atomic E-state index is 13.5. The minimum absolute atomic E-state index is 0.0658. The van der Waals surface area contributed by atoms with Crippen LogP contribution in [0.3, 0.4) is 0 Å². The van der Waals surface area contributed by atoms with Crippen LogP contribution in [0.2, 0.25) is 0 Å². The summed E-state index contributed by atoms with van der Waals surface area (Å²) >= 11 is 6.37. The average molecular weight is 422 g/mol. The molecule has 0 heterocycles. The van der Waals surface area contributed by atoms with E-state index in [2.05, 4.69) is 31.9 Å². The van der Waals surface area contributed by atoms with Crippen LogP contribution in [-0.2, 0) is 6.61 Å². The molecule has 0 aromatic heterocycles. The van der Waals surface area contributed by atoms with Crippen molar-refractivity contribution in [3.63, 3.8) is 0 Å². The summed E-state index contributed by atoms with van der Waals surface area (Å²) in [6.07, 6.45) is 0. The van der Waals surface area contributed by atoms with Crippen molar-refractivity contribution >= 4 is 37.8 Å². The van der Waals surface area contributed by atoms with Gasteiger partial charge >= 0.3 is 5.97 Å². The molecule has 0 saturated heterocycles. The number of benzene rings is 2. The fraction of sp³-hybridized carbons (Fsp3) is 0.0714. The first-order valence-corrected chi connectivity index (χ1v) is 7.26. The maximum Gasteiger partial charge on any atom is 0.335 e. The lowest BCUT2D eigenvalue weighted by molar-refractivity contribution is 0.0696. The third-order valence-electron chi connectivity index (χ3n) is 2.65. The Balaban J connectivity index is 2.24. The van der Waals surface area contributed by atoms with Crippen molar-refractivity contribution in [1.82, 2.24) is 0 Å². The zero-order valence-electron chi connectivity index (χ0n) is 10.4. The molecule has 0 aliphatic heterocycles. The van der Waals surface area contributed by atoms with Gasteiger partial charge in [0.1, 0.15) is 12.4 Å². The van der Waals surface area contributed by atoms with Gasteiger partial charge in [-0.1, -0.05) is 12.1 Å². The zero-order chi connectivity index (χ0) is 15.6. The molecular formula is C14H8Br2F2O3. The largest absolute Gasteiger partial charge is 0.486 e. The van der Waals surface area contributed by atoms with Crippen molar-refractivity contribution in [2.75, 3.05) is 0 Å². The Hall–Kier alpha value is -1.47. The number of halogens is 4. The van der Waals surface area contributed by atoms with Crippen LogP contribution in [0.1, 0.15) is 15.9 Å². The lowest BCUT2D eigenvalue weighted by Crippen LogP contribution is -2.03. The number of ether oxygens (including phenoxy) is 1. The predicted octanol–water partition coefficient (Wildman–Crippen LogP) is 4.77. The number of carboxylic acid groups (broad SMARTS) is 1. The van der Waals surface area contributed by atoms with Crippen LogP contribution < -0.4 is 4.74 Å². The molecule has 110 valence electrons. The van der Waals surface area contributed by atoms with Gasteiger partial charge in [-0.25, -0.2) is 13.6 Å². The van der Waals surface area contributed by atoms with E-state index in [0.29, 0.717) is 14.7 Å². The van der Waals surface area contributed by atoms with Gasteiger partial charge in [0.2, 0.25) is 0 Å². The molecule has 0 atom stereocenters. The van der Waals surface area contributed by atoms with E-state index >= 15 is 0 Å². The highest BCUT2D eigenvalue weighted by Gasteiger charge is 2.14. The topological polar surface area (TPSA) is 46.5 Å². The van der Waals surface area contributed by atoms with Crippen LogP contribution in [0.4, 0.5) is 8.78 Å². The van der Waals surface area contributed by atoms with E-state index in [1.54, 1.807) is 0 Å². The van der Waals surface area contributed by atoms with Crippen LogP contribution in [0.25, 0.3) is 0 Å². The van der Waals surface area contributed by atoms with Gasteiger partial charge in [-0.3, -0.25) is 0 Å². The molecule has 3 nitrogen and oxygen atoms in total. The summed E-state index contributed by atoms with van der Waals surface area (Å²) in [5, 5.41) is 8.93. The van der Waals surface area contributed by atoms with Gasteiger partial charge in [0.25, 0.3) is 0 Å². The maximum atomic E-state index is 13.5. The first kappa shape index (κ1) is 15.9. The molecule has 0 unspecified atom stereocenters. The second kappa shape index (κ2) is 6.53. The van der Waals surface area contributed by atoms with Crippen LogP contribution >= 0.6 is 31.9 Å². The SMILES string of the molecule is O=C(O)c1cc(Br)c(OCc2cccc(F)c2F)c(Br)c1. The van der Waals surface area contributed by atoms with E-state index in [-0.39, 0.29) is 17.7 Å². The Labute approximate surface area is 135 Å². The molecule has 0 spiro atoms. The minimum atomic E-state index is -1.08. The molecule has 2 aromatic rings. The molecule has 2 aromatic carbocycles. The van der Waals surface area contributed by atoms with Crippen molar-refractivity contribution < 1.29 is 23.4 Å². The minimum Gasteiger partial charge on any atom is -0.486 e. The second-order valence-corrected chi connectivity index (χ2v) is 5.78. The third-order valence-corrected chi connectivity index (χ3v) is 3.83. The second-order valence-electron chi connectivity index (χ2n) is 4.08. The smallest absolute Gasteiger partial charge is 0.335 e. The van der Waals surface area contributed by atoms with E-state index in [9.17, 15) is 13.6 Å². The quantitative estimate of drug-likeness (QED) is 0.773. The number of carbonyl (C=O) groups is 1. The molecule has 7 heteroatoms. The fourth-order valence-electron chi connectivity index (χ4n) is 1.63. The van der Waals surface area contributed by atoms with Crippen molar-refractivity contribution in [1.29, 1.82) is 0 Å². The van der Waals surface area contributed by atoms with E-state index < -0.39 is 17.6 Å². The summed E-state index contributed by atoms with van der Waals surface area (Å²) in [6.45, 7) is -0.187. The first-order chi connectivity index (χ1) is 9.90. The summed E-state index contributed by atoms with van der Waals surface area (Å²) in [7, 11) is 0. The van der Waals surface area contributed by atoms with E-state index in [0.717, 1.165) is 6.07 Å². The van der Waals surface area contributed by atoms with E-state index in [4.69, 9.17) is 9.84 Å². The molecule has 21 heavy (non-hydrogen) atoms. The van der Waals surface area contributed by atoms with Gasteiger partial charge in [-0.15, -0.1) is 0 Å². The highest BCUT2D eigenvalue weighted by Crippen LogP contribution is 2.35. The fourth-order valence-corrected chi connectivity index (χ4v) is 3.05. The monoisotopic (exact) mass is 420 g/mol.